The van der Waals surface area contributed by atoms with E-state index >= 15 is 0 Å². The van der Waals surface area contributed by atoms with Crippen LogP contribution in [0.3, 0.4) is 0 Å². The molecule has 0 radical (unpaired) electrons. The van der Waals surface area contributed by atoms with Crippen molar-refractivity contribution in [2.45, 2.75) is 194 Å². The lowest BCUT2D eigenvalue weighted by molar-refractivity contribution is -0.207. The molecule has 12 heteroatoms. The van der Waals surface area contributed by atoms with Crippen LogP contribution >= 0.6 is 0 Å². The van der Waals surface area contributed by atoms with Crippen LogP contribution in [0.5, 0.6) is 0 Å². The van der Waals surface area contributed by atoms with E-state index in [1.807, 2.05) is 0 Å². The van der Waals surface area contributed by atoms with E-state index in [1.165, 1.54) is 0 Å². The first-order valence-electron chi connectivity index (χ1n) is 27.4. The van der Waals surface area contributed by atoms with Crippen LogP contribution in [0.2, 0.25) is 0 Å². The lowest BCUT2D eigenvalue weighted by Gasteiger charge is -2.63. The van der Waals surface area contributed by atoms with Gasteiger partial charge in [0.05, 0.1) is 36.6 Å². The molecule has 0 aromatic rings. The third-order valence-corrected chi connectivity index (χ3v) is 22.4. The molecule has 10 N–H and O–H groups in total. The van der Waals surface area contributed by atoms with E-state index in [0.717, 1.165) is 116 Å². The van der Waals surface area contributed by atoms with Crippen molar-refractivity contribution >= 4 is 11.8 Å². The summed E-state index contributed by atoms with van der Waals surface area (Å²) in [6.45, 7) is 17.8. The van der Waals surface area contributed by atoms with Crippen molar-refractivity contribution in [2.75, 3.05) is 39.3 Å². The number of fused-ring (bicyclic) bond motifs is 10. The number of hydrogen-bond donors (Lipinski definition) is 10. The molecule has 378 valence electrons. The molecule has 66 heavy (non-hydrogen) atoms. The van der Waals surface area contributed by atoms with Gasteiger partial charge in [0.1, 0.15) is 0 Å². The standard InChI is InChI=1S/C54H94N4O8/c1-31(37-9-11-39-49-41(29-45(63)53(37,39)5)51(3)17-15-35(59)25-33(51)27-43(49)61)7-13-47(65)57-23-21-55-19-20-56-22-24-58-48(66)14-8-32(2)38-10-12-40-50-42(30-46(64)54(38,40)6)52(4)18-16-36(60)26-34(52)28-44(50)62/h31-46,49-50,55-56,59-64H,7-30H2,1-6H3,(H,57,65)(H,58,66)/t31-,32-,33+,34+,35-,36-,37-,38-,39+,40+,41+,42+,43-,44-,45+,46+,49+,50+,51+,52+,53-,54-/m1/s1. The molecule has 22 atom stereocenters. The predicted octanol–water partition coefficient (Wildman–Crippen LogP) is 5.15. The summed E-state index contributed by atoms with van der Waals surface area (Å²) in [6.07, 6.45) is 12.7. The molecular weight excluding hydrogens is 833 g/mol. The molecule has 0 aliphatic heterocycles. The van der Waals surface area contributed by atoms with Crippen molar-refractivity contribution in [3.63, 3.8) is 0 Å². The molecule has 0 spiro atoms. The molecule has 2 amide bonds. The number of amides is 2. The SMILES string of the molecule is C[C@H](CCC(=O)NCCNCCNCCNC(=O)CC[C@@H](C)[C@H]1CC[C@H]2[C@@H]3[C@H](O)C[C@@H]4C[C@H](O)CC[C@]4(C)[C@H]3C[C@H](O)[C@]12C)[C@H]1CC[C@H]2[C@@H]3[C@H](O)C[C@@H]4C[C@H](O)CC[C@]4(C)[C@H]3C[C@H](O)[C@]12C. The predicted molar refractivity (Wildman–Crippen MR) is 257 cm³/mol. The van der Waals surface area contributed by atoms with Gasteiger partial charge in [-0.1, -0.05) is 41.5 Å². The minimum atomic E-state index is -0.413. The summed E-state index contributed by atoms with van der Waals surface area (Å²) in [4.78, 5) is 25.8. The monoisotopic (exact) mass is 927 g/mol. The van der Waals surface area contributed by atoms with Crippen LogP contribution in [0.25, 0.3) is 0 Å². The van der Waals surface area contributed by atoms with Gasteiger partial charge in [-0.05, 0) is 195 Å². The van der Waals surface area contributed by atoms with E-state index in [4.69, 9.17) is 0 Å². The maximum absolute atomic E-state index is 12.9. The molecule has 0 aromatic heterocycles. The number of nitrogens with one attached hydrogen (secondary N) is 4. The van der Waals surface area contributed by atoms with Gasteiger partial charge in [0.15, 0.2) is 0 Å². The summed E-state index contributed by atoms with van der Waals surface area (Å²) in [5, 5.41) is 80.8. The normalized spacial score (nSPS) is 48.1. The lowest BCUT2D eigenvalue weighted by Crippen LogP contribution is -2.62. The molecule has 8 fully saturated rings. The average Bonchev–Trinajstić information content (AvgIpc) is 3.83. The fourth-order valence-electron chi connectivity index (χ4n) is 18.6. The highest BCUT2D eigenvalue weighted by Gasteiger charge is 2.67. The fourth-order valence-corrected chi connectivity index (χ4v) is 18.6. The Labute approximate surface area is 397 Å². The zero-order chi connectivity index (χ0) is 47.3. The van der Waals surface area contributed by atoms with Gasteiger partial charge >= 0.3 is 0 Å². The van der Waals surface area contributed by atoms with Crippen LogP contribution in [0.1, 0.15) is 157 Å². The molecular formula is C54H94N4O8. The Morgan fingerprint density at radius 2 is 0.879 bits per heavy atom. The minimum absolute atomic E-state index is 0.0668. The summed E-state index contributed by atoms with van der Waals surface area (Å²) in [7, 11) is 0. The van der Waals surface area contributed by atoms with Gasteiger partial charge in [-0.25, -0.2) is 0 Å². The first-order valence-corrected chi connectivity index (χ1v) is 27.4. The second kappa shape index (κ2) is 20.4. The molecule has 8 rings (SSSR count). The number of rotatable bonds is 17. The average molecular weight is 927 g/mol. The summed E-state index contributed by atoms with van der Waals surface area (Å²) < 4.78 is 0. The molecule has 0 saturated heterocycles. The highest BCUT2D eigenvalue weighted by atomic mass is 16.3. The third kappa shape index (κ3) is 9.33. The second-order valence-electron chi connectivity index (χ2n) is 25.3. The quantitative estimate of drug-likeness (QED) is 0.0870. The highest BCUT2D eigenvalue weighted by molar-refractivity contribution is 5.76. The molecule has 0 heterocycles. The second-order valence-corrected chi connectivity index (χ2v) is 25.3. The van der Waals surface area contributed by atoms with Gasteiger partial charge in [-0.2, -0.15) is 0 Å². The molecule has 0 unspecified atom stereocenters. The van der Waals surface area contributed by atoms with E-state index in [-0.39, 0.29) is 81.6 Å². The van der Waals surface area contributed by atoms with Gasteiger partial charge in [-0.3, -0.25) is 9.59 Å². The van der Waals surface area contributed by atoms with E-state index in [0.29, 0.717) is 86.4 Å². The van der Waals surface area contributed by atoms with Crippen molar-refractivity contribution in [1.29, 1.82) is 0 Å². The fraction of sp³-hybridized carbons (Fsp3) is 0.963. The molecule has 0 bridgehead atoms. The summed E-state index contributed by atoms with van der Waals surface area (Å²) >= 11 is 0. The Morgan fingerprint density at radius 1 is 0.500 bits per heavy atom. The van der Waals surface area contributed by atoms with Gasteiger partial charge in [-0.15, -0.1) is 0 Å². The topological polar surface area (TPSA) is 204 Å². The molecule has 8 aliphatic carbocycles. The first-order chi connectivity index (χ1) is 31.3. The molecule has 12 nitrogen and oxygen atoms in total. The third-order valence-electron chi connectivity index (χ3n) is 22.4. The number of carbonyl (C=O) groups excluding carboxylic acids is 2. The van der Waals surface area contributed by atoms with Gasteiger partial charge in [0.2, 0.25) is 11.8 Å². The van der Waals surface area contributed by atoms with Crippen LogP contribution in [0.4, 0.5) is 0 Å². The summed E-state index contributed by atoms with van der Waals surface area (Å²) in [5.41, 5.74) is -0.372. The van der Waals surface area contributed by atoms with E-state index < -0.39 is 12.2 Å². The zero-order valence-corrected chi connectivity index (χ0v) is 41.9. The van der Waals surface area contributed by atoms with Crippen molar-refractivity contribution < 1.29 is 40.2 Å². The van der Waals surface area contributed by atoms with Gasteiger partial charge < -0.3 is 51.9 Å². The summed E-state index contributed by atoms with van der Waals surface area (Å²) in [6, 6.07) is 0. The molecule has 8 saturated carbocycles. The summed E-state index contributed by atoms with van der Waals surface area (Å²) in [5.74, 6) is 3.58. The highest BCUT2D eigenvalue weighted by Crippen LogP contribution is 2.70. The van der Waals surface area contributed by atoms with Crippen molar-refractivity contribution in [3.05, 3.63) is 0 Å². The number of aliphatic hydroxyl groups excluding tert-OH is 6. The van der Waals surface area contributed by atoms with E-state index in [2.05, 4.69) is 62.8 Å². The largest absolute Gasteiger partial charge is 0.393 e. The Hall–Kier alpha value is -1.38. The first kappa shape index (κ1) is 51.0. The van der Waals surface area contributed by atoms with E-state index in [9.17, 15) is 40.2 Å². The zero-order valence-electron chi connectivity index (χ0n) is 41.9. The lowest BCUT2D eigenvalue weighted by atomic mass is 9.43. The number of carbonyl (C=O) groups is 2. The van der Waals surface area contributed by atoms with Crippen molar-refractivity contribution in [1.82, 2.24) is 21.3 Å². The number of aliphatic hydroxyl groups is 6. The maximum Gasteiger partial charge on any atom is 0.220 e. The number of hydrogen-bond acceptors (Lipinski definition) is 10. The Kier molecular flexibility index (Phi) is 15.8. The maximum atomic E-state index is 12.9. The van der Waals surface area contributed by atoms with Crippen molar-refractivity contribution in [2.24, 2.45) is 92.7 Å². The Balaban J connectivity index is 0.671. The van der Waals surface area contributed by atoms with Gasteiger partial charge in [0.25, 0.3) is 0 Å². The van der Waals surface area contributed by atoms with Crippen LogP contribution in [-0.2, 0) is 9.59 Å². The van der Waals surface area contributed by atoms with Crippen molar-refractivity contribution in [3.8, 4) is 0 Å². The van der Waals surface area contributed by atoms with E-state index in [1.54, 1.807) is 0 Å². The molecule has 0 aromatic carbocycles. The van der Waals surface area contributed by atoms with Gasteiger partial charge in [0, 0.05) is 52.1 Å². The Morgan fingerprint density at radius 3 is 1.27 bits per heavy atom. The van der Waals surface area contributed by atoms with Crippen LogP contribution in [0.15, 0.2) is 0 Å². The smallest absolute Gasteiger partial charge is 0.220 e. The minimum Gasteiger partial charge on any atom is -0.393 e. The van der Waals surface area contributed by atoms with Crippen LogP contribution < -0.4 is 21.3 Å². The van der Waals surface area contributed by atoms with Crippen LogP contribution in [-0.4, -0.2) is 118 Å². The Bertz CT molecular complexity index is 1550. The van der Waals surface area contributed by atoms with Crippen LogP contribution in [0, 0.1) is 92.7 Å². The molecule has 8 aliphatic rings.